The molecule has 3 rings (SSSR count). The summed E-state index contributed by atoms with van der Waals surface area (Å²) in [7, 11) is 1.60. The van der Waals surface area contributed by atoms with Crippen LogP contribution in [0.3, 0.4) is 0 Å². The largest absolute Gasteiger partial charge is 0.497 e. The van der Waals surface area contributed by atoms with Gasteiger partial charge in [0.15, 0.2) is 0 Å². The van der Waals surface area contributed by atoms with Gasteiger partial charge in [-0.3, -0.25) is 9.59 Å². The number of fused-ring (bicyclic) bond motifs is 1. The quantitative estimate of drug-likeness (QED) is 0.848. The SMILES string of the molecule is COc1ccc2cc(C(=O)N3CCNC(=O)C3)[nH]c2c1. The van der Waals surface area contributed by atoms with Gasteiger partial charge in [0, 0.05) is 30.1 Å². The minimum atomic E-state index is -0.157. The molecule has 1 saturated heterocycles. The predicted molar refractivity (Wildman–Crippen MR) is 73.8 cm³/mol. The molecule has 2 aromatic rings. The Bertz CT molecular complexity index is 677. The van der Waals surface area contributed by atoms with Crippen LogP contribution in [-0.2, 0) is 4.79 Å². The molecule has 1 aromatic carbocycles. The Morgan fingerprint density at radius 2 is 2.20 bits per heavy atom. The lowest BCUT2D eigenvalue weighted by Crippen LogP contribution is -2.50. The van der Waals surface area contributed by atoms with Crippen molar-refractivity contribution in [3.05, 3.63) is 30.0 Å². The van der Waals surface area contributed by atoms with Crippen molar-refractivity contribution in [3.8, 4) is 5.75 Å². The summed E-state index contributed by atoms with van der Waals surface area (Å²) in [6.45, 7) is 1.14. The number of hydrogen-bond acceptors (Lipinski definition) is 3. The number of carbonyl (C=O) groups excluding carboxylic acids is 2. The summed E-state index contributed by atoms with van der Waals surface area (Å²) in [5, 5.41) is 3.64. The lowest BCUT2D eigenvalue weighted by Gasteiger charge is -2.26. The third kappa shape index (κ3) is 2.20. The standard InChI is InChI=1S/C14H15N3O3/c1-20-10-3-2-9-6-12(16-11(9)7-10)14(19)17-5-4-15-13(18)8-17/h2-3,6-7,16H,4-5,8H2,1H3,(H,15,18). The van der Waals surface area contributed by atoms with Crippen LogP contribution in [0.1, 0.15) is 10.5 Å². The molecule has 0 saturated carbocycles. The number of methoxy groups -OCH3 is 1. The van der Waals surface area contributed by atoms with Gasteiger partial charge in [-0.25, -0.2) is 0 Å². The van der Waals surface area contributed by atoms with E-state index < -0.39 is 0 Å². The zero-order chi connectivity index (χ0) is 14.1. The van der Waals surface area contributed by atoms with E-state index in [9.17, 15) is 9.59 Å². The first-order valence-corrected chi connectivity index (χ1v) is 6.40. The van der Waals surface area contributed by atoms with E-state index in [-0.39, 0.29) is 18.4 Å². The van der Waals surface area contributed by atoms with Gasteiger partial charge in [0.25, 0.3) is 5.91 Å². The highest BCUT2D eigenvalue weighted by molar-refractivity contribution is 6.00. The van der Waals surface area contributed by atoms with Crippen molar-refractivity contribution in [2.24, 2.45) is 0 Å². The second-order valence-corrected chi connectivity index (χ2v) is 4.71. The highest BCUT2D eigenvalue weighted by Gasteiger charge is 2.23. The van der Waals surface area contributed by atoms with Crippen LogP contribution in [0.5, 0.6) is 5.75 Å². The molecule has 0 atom stereocenters. The number of rotatable bonds is 2. The first-order chi connectivity index (χ1) is 9.67. The molecule has 2 N–H and O–H groups in total. The Hall–Kier alpha value is -2.50. The van der Waals surface area contributed by atoms with Crippen molar-refractivity contribution in [2.45, 2.75) is 0 Å². The molecule has 1 aromatic heterocycles. The fourth-order valence-electron chi connectivity index (χ4n) is 2.33. The van der Waals surface area contributed by atoms with Crippen LogP contribution < -0.4 is 10.1 Å². The van der Waals surface area contributed by atoms with E-state index in [1.165, 1.54) is 0 Å². The summed E-state index contributed by atoms with van der Waals surface area (Å²) in [4.78, 5) is 28.3. The van der Waals surface area contributed by atoms with Gasteiger partial charge < -0.3 is 19.9 Å². The maximum Gasteiger partial charge on any atom is 0.270 e. The molecule has 1 aliphatic rings. The minimum absolute atomic E-state index is 0.109. The van der Waals surface area contributed by atoms with Crippen LogP contribution in [0.4, 0.5) is 0 Å². The zero-order valence-electron chi connectivity index (χ0n) is 11.1. The molecule has 0 aliphatic carbocycles. The Labute approximate surface area is 115 Å². The number of amides is 2. The lowest BCUT2D eigenvalue weighted by molar-refractivity contribution is -0.123. The van der Waals surface area contributed by atoms with Crippen molar-refractivity contribution in [1.82, 2.24) is 15.2 Å². The van der Waals surface area contributed by atoms with Gasteiger partial charge in [-0.1, -0.05) is 0 Å². The number of piperazine rings is 1. The third-order valence-corrected chi connectivity index (χ3v) is 3.39. The fourth-order valence-corrected chi connectivity index (χ4v) is 2.33. The average molecular weight is 273 g/mol. The third-order valence-electron chi connectivity index (χ3n) is 3.39. The zero-order valence-corrected chi connectivity index (χ0v) is 11.1. The Morgan fingerprint density at radius 1 is 1.35 bits per heavy atom. The highest BCUT2D eigenvalue weighted by Crippen LogP contribution is 2.22. The number of ether oxygens (including phenoxy) is 1. The van der Waals surface area contributed by atoms with Gasteiger partial charge in [0.2, 0.25) is 5.91 Å². The normalized spacial score (nSPS) is 15.2. The number of aromatic nitrogens is 1. The smallest absolute Gasteiger partial charge is 0.270 e. The van der Waals surface area contributed by atoms with Gasteiger partial charge in [0.05, 0.1) is 13.7 Å². The second kappa shape index (κ2) is 4.88. The fraction of sp³-hybridized carbons (Fsp3) is 0.286. The molecule has 6 heteroatoms. The summed E-state index contributed by atoms with van der Waals surface area (Å²) in [6.07, 6.45) is 0. The second-order valence-electron chi connectivity index (χ2n) is 4.71. The van der Waals surface area contributed by atoms with Gasteiger partial charge in [-0.2, -0.15) is 0 Å². The number of benzene rings is 1. The van der Waals surface area contributed by atoms with Crippen LogP contribution in [0, 0.1) is 0 Å². The number of nitrogens with one attached hydrogen (secondary N) is 2. The summed E-state index contributed by atoms with van der Waals surface area (Å²) >= 11 is 0. The average Bonchev–Trinajstić information content (AvgIpc) is 2.89. The molecule has 0 radical (unpaired) electrons. The number of carbonyl (C=O) groups is 2. The van der Waals surface area contributed by atoms with Crippen molar-refractivity contribution in [2.75, 3.05) is 26.7 Å². The van der Waals surface area contributed by atoms with E-state index in [2.05, 4.69) is 10.3 Å². The Morgan fingerprint density at radius 3 is 2.95 bits per heavy atom. The molecular weight excluding hydrogens is 258 g/mol. The molecule has 1 aliphatic heterocycles. The molecular formula is C14H15N3O3. The summed E-state index contributed by atoms with van der Waals surface area (Å²) < 4.78 is 5.15. The van der Waals surface area contributed by atoms with Gasteiger partial charge in [-0.05, 0) is 18.2 Å². The molecule has 6 nitrogen and oxygen atoms in total. The van der Waals surface area contributed by atoms with Gasteiger partial charge >= 0.3 is 0 Å². The van der Waals surface area contributed by atoms with E-state index in [1.807, 2.05) is 18.2 Å². The van der Waals surface area contributed by atoms with Crippen LogP contribution in [0.2, 0.25) is 0 Å². The summed E-state index contributed by atoms with van der Waals surface area (Å²) in [5.74, 6) is 0.452. The maximum absolute atomic E-state index is 12.4. The molecule has 20 heavy (non-hydrogen) atoms. The number of nitrogens with zero attached hydrogens (tertiary/aromatic N) is 1. The van der Waals surface area contributed by atoms with E-state index in [4.69, 9.17) is 4.74 Å². The van der Waals surface area contributed by atoms with E-state index in [0.29, 0.717) is 18.8 Å². The highest BCUT2D eigenvalue weighted by atomic mass is 16.5. The number of hydrogen-bond donors (Lipinski definition) is 2. The van der Waals surface area contributed by atoms with Crippen LogP contribution in [0.25, 0.3) is 10.9 Å². The topological polar surface area (TPSA) is 74.4 Å². The van der Waals surface area contributed by atoms with Crippen LogP contribution >= 0.6 is 0 Å². The number of aromatic amines is 1. The summed E-state index contributed by atoms with van der Waals surface area (Å²) in [5.41, 5.74) is 1.33. The first kappa shape index (κ1) is 12.5. The summed E-state index contributed by atoms with van der Waals surface area (Å²) in [6, 6.07) is 7.38. The van der Waals surface area contributed by atoms with Crippen molar-refractivity contribution >= 4 is 22.7 Å². The molecule has 0 spiro atoms. The number of H-pyrrole nitrogens is 1. The van der Waals surface area contributed by atoms with Crippen LogP contribution in [0.15, 0.2) is 24.3 Å². The molecule has 104 valence electrons. The molecule has 2 amide bonds. The Kier molecular flexibility index (Phi) is 3.06. The lowest BCUT2D eigenvalue weighted by atomic mass is 10.2. The molecule has 0 bridgehead atoms. The van der Waals surface area contributed by atoms with E-state index in [1.54, 1.807) is 18.1 Å². The first-order valence-electron chi connectivity index (χ1n) is 6.40. The van der Waals surface area contributed by atoms with Crippen molar-refractivity contribution in [1.29, 1.82) is 0 Å². The van der Waals surface area contributed by atoms with E-state index >= 15 is 0 Å². The Balaban J connectivity index is 1.89. The van der Waals surface area contributed by atoms with E-state index in [0.717, 1.165) is 16.7 Å². The molecule has 0 unspecified atom stereocenters. The van der Waals surface area contributed by atoms with Gasteiger partial charge in [0.1, 0.15) is 11.4 Å². The maximum atomic E-state index is 12.4. The minimum Gasteiger partial charge on any atom is -0.497 e. The van der Waals surface area contributed by atoms with Crippen molar-refractivity contribution < 1.29 is 14.3 Å². The van der Waals surface area contributed by atoms with Crippen molar-refractivity contribution in [3.63, 3.8) is 0 Å². The molecule has 2 heterocycles. The van der Waals surface area contributed by atoms with Crippen LogP contribution in [-0.4, -0.2) is 48.4 Å². The molecule has 1 fully saturated rings. The monoisotopic (exact) mass is 273 g/mol. The predicted octanol–water partition coefficient (Wildman–Crippen LogP) is 0.748. The van der Waals surface area contributed by atoms with Gasteiger partial charge in [-0.15, -0.1) is 0 Å².